The third kappa shape index (κ3) is 5.11. The molecule has 1 atom stereocenters. The van der Waals surface area contributed by atoms with Crippen molar-refractivity contribution in [2.75, 3.05) is 13.7 Å². The number of likely N-dealkylation sites (N-methyl/N-ethyl adjacent to an activating group) is 1. The van der Waals surface area contributed by atoms with Crippen LogP contribution < -0.4 is 9.88 Å². The van der Waals surface area contributed by atoms with E-state index in [0.717, 1.165) is 0 Å². The minimum atomic E-state index is -3.81. The van der Waals surface area contributed by atoms with Gasteiger partial charge in [0, 0.05) is 12.1 Å². The highest BCUT2D eigenvalue weighted by atomic mass is 35.5. The molecule has 2 aromatic rings. The Morgan fingerprint density at radius 2 is 1.92 bits per heavy atom. The number of carbonyl (C=O) groups excluding carboxylic acids is 1. The Hall–Kier alpha value is -1.80. The van der Waals surface area contributed by atoms with Crippen LogP contribution in [0.25, 0.3) is 0 Å². The fraction of sp³-hybridized carbons (Fsp3) is 0.235. The Morgan fingerprint density at radius 1 is 1.23 bits per heavy atom. The first-order valence-corrected chi connectivity index (χ1v) is 9.86. The SMILES string of the molecule is CC(c1cccc(S(N)(=O)=O)c1)N(C)C(=O)COc1ccc(Cl)cc1Cl. The summed E-state index contributed by atoms with van der Waals surface area (Å²) < 4.78 is 28.4. The minimum absolute atomic E-state index is 0.00750. The molecule has 6 nitrogen and oxygen atoms in total. The molecule has 0 aliphatic rings. The number of benzene rings is 2. The lowest BCUT2D eigenvalue weighted by Gasteiger charge is -2.25. The number of halogens is 2. The van der Waals surface area contributed by atoms with E-state index in [9.17, 15) is 13.2 Å². The van der Waals surface area contributed by atoms with E-state index in [1.54, 1.807) is 38.2 Å². The van der Waals surface area contributed by atoms with E-state index < -0.39 is 10.0 Å². The van der Waals surface area contributed by atoms with Gasteiger partial charge in [0.05, 0.1) is 16.0 Å². The molecular formula is C17H18Cl2N2O4S. The molecule has 0 bridgehead atoms. The number of hydrogen-bond acceptors (Lipinski definition) is 4. The summed E-state index contributed by atoms with van der Waals surface area (Å²) in [5.41, 5.74) is 0.636. The number of hydrogen-bond donors (Lipinski definition) is 1. The van der Waals surface area contributed by atoms with E-state index in [-0.39, 0.29) is 23.5 Å². The summed E-state index contributed by atoms with van der Waals surface area (Å²) in [5.74, 6) is 0.0474. The maximum absolute atomic E-state index is 12.4. The van der Waals surface area contributed by atoms with Crippen LogP contribution in [0.15, 0.2) is 47.4 Å². The number of primary sulfonamides is 1. The Labute approximate surface area is 162 Å². The Kier molecular flexibility index (Phi) is 6.52. The summed E-state index contributed by atoms with van der Waals surface area (Å²) in [6.07, 6.45) is 0. The van der Waals surface area contributed by atoms with E-state index >= 15 is 0 Å². The van der Waals surface area contributed by atoms with Gasteiger partial charge in [-0.15, -0.1) is 0 Å². The van der Waals surface area contributed by atoms with Crippen molar-refractivity contribution in [2.24, 2.45) is 5.14 Å². The molecule has 0 heterocycles. The Morgan fingerprint density at radius 3 is 2.54 bits per heavy atom. The number of nitrogens with zero attached hydrogens (tertiary/aromatic N) is 1. The van der Waals surface area contributed by atoms with Crippen molar-refractivity contribution in [3.8, 4) is 5.75 Å². The highest BCUT2D eigenvalue weighted by Crippen LogP contribution is 2.28. The molecule has 26 heavy (non-hydrogen) atoms. The van der Waals surface area contributed by atoms with Crippen LogP contribution in [-0.2, 0) is 14.8 Å². The molecule has 9 heteroatoms. The van der Waals surface area contributed by atoms with E-state index in [0.29, 0.717) is 21.4 Å². The molecular weight excluding hydrogens is 399 g/mol. The lowest BCUT2D eigenvalue weighted by Crippen LogP contribution is -2.33. The van der Waals surface area contributed by atoms with E-state index in [1.165, 1.54) is 23.1 Å². The topological polar surface area (TPSA) is 89.7 Å². The van der Waals surface area contributed by atoms with Crippen molar-refractivity contribution in [3.05, 3.63) is 58.1 Å². The highest BCUT2D eigenvalue weighted by Gasteiger charge is 2.20. The first kappa shape index (κ1) is 20.5. The van der Waals surface area contributed by atoms with Gasteiger partial charge in [-0.25, -0.2) is 13.6 Å². The maximum atomic E-state index is 12.4. The van der Waals surface area contributed by atoms with Gasteiger partial charge in [0.15, 0.2) is 6.61 Å². The van der Waals surface area contributed by atoms with Crippen LogP contribution in [0.3, 0.4) is 0 Å². The predicted molar refractivity (Wildman–Crippen MR) is 101 cm³/mol. The van der Waals surface area contributed by atoms with Gasteiger partial charge in [0.2, 0.25) is 10.0 Å². The third-order valence-corrected chi connectivity index (χ3v) is 5.33. The zero-order chi connectivity index (χ0) is 19.5. The van der Waals surface area contributed by atoms with Gasteiger partial charge in [0.1, 0.15) is 5.75 Å². The summed E-state index contributed by atoms with van der Waals surface area (Å²) in [4.78, 5) is 13.8. The van der Waals surface area contributed by atoms with Crippen LogP contribution in [-0.4, -0.2) is 32.9 Å². The lowest BCUT2D eigenvalue weighted by molar-refractivity contribution is -0.134. The normalized spacial score (nSPS) is 12.5. The summed E-state index contributed by atoms with van der Waals surface area (Å²) in [6.45, 7) is 1.55. The van der Waals surface area contributed by atoms with Gasteiger partial charge in [0.25, 0.3) is 5.91 Å². The van der Waals surface area contributed by atoms with Crippen LogP contribution >= 0.6 is 23.2 Å². The van der Waals surface area contributed by atoms with Crippen LogP contribution in [0.2, 0.25) is 10.0 Å². The number of rotatable bonds is 6. The second-order valence-electron chi connectivity index (χ2n) is 5.66. The van der Waals surface area contributed by atoms with Crippen LogP contribution in [0, 0.1) is 0 Å². The van der Waals surface area contributed by atoms with E-state index in [2.05, 4.69) is 0 Å². The number of ether oxygens (including phenoxy) is 1. The monoisotopic (exact) mass is 416 g/mol. The molecule has 0 aliphatic carbocycles. The lowest BCUT2D eigenvalue weighted by atomic mass is 10.1. The molecule has 1 unspecified atom stereocenters. The second-order valence-corrected chi connectivity index (χ2v) is 8.07. The maximum Gasteiger partial charge on any atom is 0.260 e. The number of sulfonamides is 1. The summed E-state index contributed by atoms with van der Waals surface area (Å²) >= 11 is 11.8. The van der Waals surface area contributed by atoms with Crippen molar-refractivity contribution < 1.29 is 17.9 Å². The van der Waals surface area contributed by atoms with E-state index in [1.807, 2.05) is 0 Å². The number of carbonyl (C=O) groups is 1. The molecule has 0 saturated carbocycles. The fourth-order valence-corrected chi connectivity index (χ4v) is 3.26. The first-order valence-electron chi connectivity index (χ1n) is 7.56. The average molecular weight is 417 g/mol. The van der Waals surface area contributed by atoms with E-state index in [4.69, 9.17) is 33.1 Å². The molecule has 0 radical (unpaired) electrons. The first-order chi connectivity index (χ1) is 12.1. The summed E-state index contributed by atoms with van der Waals surface area (Å²) in [5, 5.41) is 5.92. The summed E-state index contributed by atoms with van der Waals surface area (Å²) in [6, 6.07) is 10.5. The predicted octanol–water partition coefficient (Wildman–Crippen LogP) is 3.24. The van der Waals surface area contributed by atoms with Crippen molar-refractivity contribution in [2.45, 2.75) is 17.9 Å². The smallest absolute Gasteiger partial charge is 0.260 e. The van der Waals surface area contributed by atoms with Gasteiger partial charge >= 0.3 is 0 Å². The molecule has 0 saturated heterocycles. The zero-order valence-corrected chi connectivity index (χ0v) is 16.5. The minimum Gasteiger partial charge on any atom is -0.482 e. The average Bonchev–Trinajstić information content (AvgIpc) is 2.58. The Bertz CT molecular complexity index is 919. The van der Waals surface area contributed by atoms with Gasteiger partial charge < -0.3 is 9.64 Å². The van der Waals surface area contributed by atoms with Crippen LogP contribution in [0.4, 0.5) is 0 Å². The van der Waals surface area contributed by atoms with Gasteiger partial charge in [-0.3, -0.25) is 4.79 Å². The van der Waals surface area contributed by atoms with Gasteiger partial charge in [-0.1, -0.05) is 35.3 Å². The van der Waals surface area contributed by atoms with Crippen LogP contribution in [0.1, 0.15) is 18.5 Å². The molecule has 0 fully saturated rings. The molecule has 0 aromatic heterocycles. The second kappa shape index (κ2) is 8.26. The molecule has 0 aliphatic heterocycles. The fourth-order valence-electron chi connectivity index (χ4n) is 2.22. The van der Waals surface area contributed by atoms with Crippen molar-refractivity contribution in [1.29, 1.82) is 0 Å². The third-order valence-electron chi connectivity index (χ3n) is 3.89. The van der Waals surface area contributed by atoms with Crippen LogP contribution in [0.5, 0.6) is 5.75 Å². The van der Waals surface area contributed by atoms with Gasteiger partial charge in [-0.2, -0.15) is 0 Å². The zero-order valence-electron chi connectivity index (χ0n) is 14.1. The highest BCUT2D eigenvalue weighted by molar-refractivity contribution is 7.89. The van der Waals surface area contributed by atoms with Gasteiger partial charge in [-0.05, 0) is 42.8 Å². The standard InChI is InChI=1S/C17H18Cl2N2O4S/c1-11(12-4-3-5-14(8-12)26(20,23)24)21(2)17(22)10-25-16-7-6-13(18)9-15(16)19/h3-9,11H,10H2,1-2H3,(H2,20,23,24). The van der Waals surface area contributed by atoms with Crippen molar-refractivity contribution >= 4 is 39.1 Å². The number of nitrogens with two attached hydrogens (primary N) is 1. The molecule has 1 amide bonds. The quantitative estimate of drug-likeness (QED) is 0.782. The Balaban J connectivity index is 2.07. The summed E-state index contributed by atoms with van der Waals surface area (Å²) in [7, 11) is -2.21. The largest absolute Gasteiger partial charge is 0.482 e. The van der Waals surface area contributed by atoms with Crippen molar-refractivity contribution in [3.63, 3.8) is 0 Å². The molecule has 140 valence electrons. The molecule has 0 spiro atoms. The molecule has 2 N–H and O–H groups in total. The molecule has 2 aromatic carbocycles. The molecule has 2 rings (SSSR count). The van der Waals surface area contributed by atoms with Crippen molar-refractivity contribution in [1.82, 2.24) is 4.90 Å². The number of amides is 1.